The molecule has 3 rings (SSSR count). The van der Waals surface area contributed by atoms with Gasteiger partial charge < -0.3 is 5.11 Å². The molecule has 2 aromatic rings. The average Bonchev–Trinajstić information content (AvgIpc) is 3.12. The molecule has 1 saturated carbocycles. The highest BCUT2D eigenvalue weighted by Gasteiger charge is 2.28. The maximum atomic E-state index is 9.07. The van der Waals surface area contributed by atoms with Crippen molar-refractivity contribution in [1.82, 2.24) is 20.2 Å². The van der Waals surface area contributed by atoms with Crippen LogP contribution in [0.25, 0.3) is 0 Å². The van der Waals surface area contributed by atoms with Crippen molar-refractivity contribution in [2.75, 3.05) is 0 Å². The van der Waals surface area contributed by atoms with Crippen LogP contribution in [0.3, 0.4) is 0 Å². The summed E-state index contributed by atoms with van der Waals surface area (Å²) in [6, 6.07) is 6.25. The Hall–Kier alpha value is -0.920. The number of rotatable bonds is 4. The number of hydrogen-bond donors (Lipinski definition) is 1. The Bertz CT molecular complexity index is 570. The van der Waals surface area contributed by atoms with E-state index in [1.54, 1.807) is 0 Å². The molecule has 1 aromatic heterocycles. The Balaban J connectivity index is 1.85. The van der Waals surface area contributed by atoms with Gasteiger partial charge in [-0.05, 0) is 68.7 Å². The lowest BCUT2D eigenvalue weighted by Gasteiger charge is -2.05. The van der Waals surface area contributed by atoms with Crippen LogP contribution in [0.15, 0.2) is 32.7 Å². The van der Waals surface area contributed by atoms with Gasteiger partial charge in [0.05, 0.1) is 12.6 Å². The minimum absolute atomic E-state index is 0.0450. The summed E-state index contributed by atoms with van der Waals surface area (Å²) in [5.41, 5.74) is 0.882. The monoisotopic (exact) mass is 326 g/mol. The van der Waals surface area contributed by atoms with E-state index in [9.17, 15) is 0 Å². The van der Waals surface area contributed by atoms with E-state index in [4.69, 9.17) is 5.11 Å². The molecule has 0 aliphatic heterocycles. The minimum atomic E-state index is 0.0450. The maximum Gasteiger partial charge on any atom is 0.214 e. The predicted molar refractivity (Wildman–Crippen MR) is 70.3 cm³/mol. The standard InChI is InChI=1S/C11H11BrN4OS/c12-9-5-7(6-17)1-4-10(9)18-11-13-14-15-16(11)8-2-3-8/h1,4-5,8,17H,2-3,6H2. The highest BCUT2D eigenvalue weighted by atomic mass is 79.9. The zero-order valence-corrected chi connectivity index (χ0v) is 11.9. The van der Waals surface area contributed by atoms with Crippen LogP contribution in [-0.4, -0.2) is 25.3 Å². The normalized spacial score (nSPS) is 15.0. The van der Waals surface area contributed by atoms with Gasteiger partial charge >= 0.3 is 0 Å². The van der Waals surface area contributed by atoms with Gasteiger partial charge in [-0.3, -0.25) is 0 Å². The molecule has 0 amide bonds. The molecule has 0 spiro atoms. The summed E-state index contributed by atoms with van der Waals surface area (Å²) in [5.74, 6) is 0. The van der Waals surface area contributed by atoms with Crippen molar-refractivity contribution < 1.29 is 5.11 Å². The second kappa shape index (κ2) is 4.99. The molecular weight excluding hydrogens is 316 g/mol. The molecule has 1 N–H and O–H groups in total. The number of halogens is 1. The molecule has 5 nitrogen and oxygen atoms in total. The lowest BCUT2D eigenvalue weighted by Crippen LogP contribution is -1.98. The third-order valence-corrected chi connectivity index (χ3v) is 4.68. The number of aromatic nitrogens is 4. The van der Waals surface area contributed by atoms with E-state index >= 15 is 0 Å². The van der Waals surface area contributed by atoms with Gasteiger partial charge in [-0.1, -0.05) is 6.07 Å². The number of benzene rings is 1. The minimum Gasteiger partial charge on any atom is -0.392 e. The van der Waals surface area contributed by atoms with Gasteiger partial charge in [0.2, 0.25) is 5.16 Å². The Labute approximate surface area is 117 Å². The smallest absolute Gasteiger partial charge is 0.214 e. The van der Waals surface area contributed by atoms with E-state index in [1.165, 1.54) is 11.8 Å². The molecule has 0 unspecified atom stereocenters. The van der Waals surface area contributed by atoms with Crippen molar-refractivity contribution in [3.63, 3.8) is 0 Å². The fourth-order valence-electron chi connectivity index (χ4n) is 1.62. The zero-order chi connectivity index (χ0) is 12.5. The first-order valence-electron chi connectivity index (χ1n) is 5.63. The Morgan fingerprint density at radius 3 is 2.94 bits per heavy atom. The molecule has 0 atom stereocenters. The molecule has 18 heavy (non-hydrogen) atoms. The van der Waals surface area contributed by atoms with Crippen LogP contribution in [0.4, 0.5) is 0 Å². The summed E-state index contributed by atoms with van der Waals surface area (Å²) in [6.45, 7) is 0.0450. The summed E-state index contributed by atoms with van der Waals surface area (Å²) in [6.07, 6.45) is 2.31. The maximum absolute atomic E-state index is 9.07. The average molecular weight is 327 g/mol. The third-order valence-electron chi connectivity index (χ3n) is 2.74. The van der Waals surface area contributed by atoms with Crippen molar-refractivity contribution in [2.24, 2.45) is 0 Å². The number of nitrogens with zero attached hydrogens (tertiary/aromatic N) is 4. The molecule has 1 aliphatic carbocycles. The molecule has 7 heteroatoms. The topological polar surface area (TPSA) is 63.8 Å². The van der Waals surface area contributed by atoms with Crippen LogP contribution in [0, 0.1) is 0 Å². The van der Waals surface area contributed by atoms with Crippen LogP contribution < -0.4 is 0 Å². The Kier molecular flexibility index (Phi) is 3.36. The second-order valence-corrected chi connectivity index (χ2v) is 6.03. The molecular formula is C11H11BrN4OS. The van der Waals surface area contributed by atoms with E-state index in [0.29, 0.717) is 6.04 Å². The van der Waals surface area contributed by atoms with Gasteiger partial charge in [-0.25, -0.2) is 4.68 Å². The molecule has 1 aliphatic rings. The van der Waals surface area contributed by atoms with Crippen molar-refractivity contribution in [1.29, 1.82) is 0 Å². The van der Waals surface area contributed by atoms with Crippen molar-refractivity contribution in [2.45, 2.75) is 35.5 Å². The summed E-state index contributed by atoms with van der Waals surface area (Å²) in [7, 11) is 0. The van der Waals surface area contributed by atoms with E-state index in [1.807, 2.05) is 22.9 Å². The largest absolute Gasteiger partial charge is 0.392 e. The van der Waals surface area contributed by atoms with E-state index in [0.717, 1.165) is 32.9 Å². The number of hydrogen-bond acceptors (Lipinski definition) is 5. The number of aliphatic hydroxyl groups is 1. The quantitative estimate of drug-likeness (QED) is 0.934. The van der Waals surface area contributed by atoms with Gasteiger partial charge in [-0.15, -0.1) is 5.10 Å². The molecule has 0 bridgehead atoms. The number of aliphatic hydroxyl groups excluding tert-OH is 1. The summed E-state index contributed by atoms with van der Waals surface area (Å²) >= 11 is 5.03. The lowest BCUT2D eigenvalue weighted by molar-refractivity contribution is 0.281. The molecule has 0 saturated heterocycles. The molecule has 94 valence electrons. The third kappa shape index (κ3) is 2.43. The Morgan fingerprint density at radius 2 is 2.28 bits per heavy atom. The summed E-state index contributed by atoms with van der Waals surface area (Å²) in [4.78, 5) is 1.05. The van der Waals surface area contributed by atoms with E-state index < -0.39 is 0 Å². The van der Waals surface area contributed by atoms with Gasteiger partial charge in [0.25, 0.3) is 0 Å². The lowest BCUT2D eigenvalue weighted by atomic mass is 10.2. The molecule has 1 fully saturated rings. The van der Waals surface area contributed by atoms with Crippen LogP contribution in [0.5, 0.6) is 0 Å². The molecule has 1 heterocycles. The first-order valence-corrected chi connectivity index (χ1v) is 7.24. The zero-order valence-electron chi connectivity index (χ0n) is 9.45. The van der Waals surface area contributed by atoms with Crippen LogP contribution >= 0.6 is 27.7 Å². The van der Waals surface area contributed by atoms with Gasteiger partial charge in [-0.2, -0.15) is 0 Å². The first kappa shape index (κ1) is 12.1. The predicted octanol–water partition coefficient (Wildman–Crippen LogP) is 2.41. The molecule has 1 aromatic carbocycles. The van der Waals surface area contributed by atoms with Crippen molar-refractivity contribution >= 4 is 27.7 Å². The number of tetrazole rings is 1. The fraction of sp³-hybridized carbons (Fsp3) is 0.364. The highest BCUT2D eigenvalue weighted by Crippen LogP contribution is 2.39. The van der Waals surface area contributed by atoms with Gasteiger partial charge in [0, 0.05) is 9.37 Å². The van der Waals surface area contributed by atoms with Crippen LogP contribution in [-0.2, 0) is 6.61 Å². The second-order valence-electron chi connectivity index (χ2n) is 4.16. The summed E-state index contributed by atoms with van der Waals surface area (Å²) < 4.78 is 2.83. The van der Waals surface area contributed by atoms with Crippen LogP contribution in [0.1, 0.15) is 24.4 Å². The fourth-order valence-corrected chi connectivity index (χ4v) is 3.14. The van der Waals surface area contributed by atoms with Gasteiger partial charge in [0.1, 0.15) is 0 Å². The van der Waals surface area contributed by atoms with Crippen LogP contribution in [0.2, 0.25) is 0 Å². The van der Waals surface area contributed by atoms with Gasteiger partial charge in [0.15, 0.2) is 0 Å². The highest BCUT2D eigenvalue weighted by molar-refractivity contribution is 9.10. The first-order chi connectivity index (χ1) is 8.78. The van der Waals surface area contributed by atoms with E-state index in [-0.39, 0.29) is 6.61 Å². The molecule has 0 radical (unpaired) electrons. The summed E-state index contributed by atoms with van der Waals surface area (Å²) in [5, 5.41) is 21.7. The van der Waals surface area contributed by atoms with Crippen molar-refractivity contribution in [3.05, 3.63) is 28.2 Å². The van der Waals surface area contributed by atoms with Crippen molar-refractivity contribution in [3.8, 4) is 0 Å². The van der Waals surface area contributed by atoms with E-state index in [2.05, 4.69) is 31.5 Å². The SMILES string of the molecule is OCc1ccc(Sc2nnnn2C2CC2)c(Br)c1. The Morgan fingerprint density at radius 1 is 1.44 bits per heavy atom.